The molecule has 0 aliphatic carbocycles. The van der Waals surface area contributed by atoms with Crippen LogP contribution in [0.1, 0.15) is 18.2 Å². The van der Waals surface area contributed by atoms with Crippen molar-refractivity contribution in [3.05, 3.63) is 102 Å². The summed E-state index contributed by atoms with van der Waals surface area (Å²) in [6, 6.07) is 31.2. The molecule has 1 N–H and O–H groups in total. The van der Waals surface area contributed by atoms with Crippen molar-refractivity contribution in [3.63, 3.8) is 0 Å². The Hall–Kier alpha value is -3.92. The highest BCUT2D eigenvalue weighted by atomic mass is 15.3. The molecular weight excluding hydrogens is 380 g/mol. The molecule has 0 spiro atoms. The van der Waals surface area contributed by atoms with Crippen molar-refractivity contribution in [2.45, 2.75) is 20.3 Å². The lowest BCUT2D eigenvalue weighted by Gasteiger charge is -2.12. The Labute approximate surface area is 182 Å². The van der Waals surface area contributed by atoms with Crippen LogP contribution in [-0.4, -0.2) is 14.6 Å². The number of benzene rings is 3. The van der Waals surface area contributed by atoms with Crippen molar-refractivity contribution >= 4 is 17.2 Å². The van der Waals surface area contributed by atoms with Crippen molar-refractivity contribution in [1.82, 2.24) is 14.6 Å². The number of aryl methyl sites for hydroxylation is 2. The minimum absolute atomic E-state index is 0.845. The molecule has 5 rings (SSSR count). The quantitative estimate of drug-likeness (QED) is 0.355. The Morgan fingerprint density at radius 2 is 1.45 bits per heavy atom. The zero-order valence-corrected chi connectivity index (χ0v) is 17.7. The predicted molar refractivity (Wildman–Crippen MR) is 128 cm³/mol. The zero-order chi connectivity index (χ0) is 21.2. The third kappa shape index (κ3) is 3.68. The van der Waals surface area contributed by atoms with Crippen LogP contribution in [0.5, 0.6) is 0 Å². The van der Waals surface area contributed by atoms with E-state index in [9.17, 15) is 0 Å². The van der Waals surface area contributed by atoms with Gasteiger partial charge in [0.05, 0.1) is 11.4 Å². The number of nitrogens with zero attached hydrogens (tertiary/aromatic N) is 3. The van der Waals surface area contributed by atoms with E-state index in [1.807, 2.05) is 47.8 Å². The molecule has 31 heavy (non-hydrogen) atoms. The fourth-order valence-electron chi connectivity index (χ4n) is 3.88. The van der Waals surface area contributed by atoms with E-state index in [1.54, 1.807) is 0 Å². The molecule has 0 aliphatic rings. The first kappa shape index (κ1) is 19.1. The molecule has 0 saturated heterocycles. The molecule has 2 heterocycles. The maximum Gasteiger partial charge on any atom is 0.166 e. The van der Waals surface area contributed by atoms with Crippen molar-refractivity contribution in [3.8, 4) is 22.4 Å². The van der Waals surface area contributed by atoms with E-state index in [0.717, 1.165) is 51.7 Å². The molecule has 3 aromatic carbocycles. The van der Waals surface area contributed by atoms with E-state index >= 15 is 0 Å². The Kier molecular flexibility index (Phi) is 4.97. The normalized spacial score (nSPS) is 11.0. The van der Waals surface area contributed by atoms with Gasteiger partial charge in [0.15, 0.2) is 5.65 Å². The summed E-state index contributed by atoms with van der Waals surface area (Å²) in [5, 5.41) is 8.41. The van der Waals surface area contributed by atoms with Gasteiger partial charge in [-0.3, -0.25) is 0 Å². The lowest BCUT2D eigenvalue weighted by atomic mass is 10.1. The van der Waals surface area contributed by atoms with Gasteiger partial charge in [0.1, 0.15) is 5.82 Å². The average Bonchev–Trinajstić information content (AvgIpc) is 3.16. The first-order valence-electron chi connectivity index (χ1n) is 10.6. The molecule has 152 valence electrons. The van der Waals surface area contributed by atoms with Gasteiger partial charge in [-0.1, -0.05) is 79.7 Å². The van der Waals surface area contributed by atoms with Crippen LogP contribution in [0.25, 0.3) is 28.0 Å². The van der Waals surface area contributed by atoms with E-state index in [0.29, 0.717) is 0 Å². The molecule has 0 fully saturated rings. The van der Waals surface area contributed by atoms with Crippen LogP contribution < -0.4 is 5.32 Å². The van der Waals surface area contributed by atoms with Crippen LogP contribution in [0, 0.1) is 6.92 Å². The summed E-state index contributed by atoms with van der Waals surface area (Å²) < 4.78 is 1.91. The van der Waals surface area contributed by atoms with E-state index < -0.39 is 0 Å². The number of anilines is 2. The average molecular weight is 405 g/mol. The Morgan fingerprint density at radius 3 is 2.10 bits per heavy atom. The van der Waals surface area contributed by atoms with Crippen LogP contribution in [0.15, 0.2) is 91.0 Å². The summed E-state index contributed by atoms with van der Waals surface area (Å²) in [6.45, 7) is 4.21. The molecule has 0 saturated carbocycles. The largest absolute Gasteiger partial charge is 0.340 e. The number of nitrogens with one attached hydrogen (secondary N) is 1. The summed E-state index contributed by atoms with van der Waals surface area (Å²) in [6.07, 6.45) is 1.02. The van der Waals surface area contributed by atoms with Crippen molar-refractivity contribution in [2.24, 2.45) is 0 Å². The molecule has 0 aliphatic heterocycles. The van der Waals surface area contributed by atoms with E-state index in [4.69, 9.17) is 10.1 Å². The van der Waals surface area contributed by atoms with Gasteiger partial charge in [0.2, 0.25) is 0 Å². The Balaban J connectivity index is 1.71. The number of aromatic nitrogens is 3. The molecule has 0 amide bonds. The standard InChI is InChI=1S/C27H24N4/c1-3-20-14-16-23(17-15-20)28-25-18-24(21-10-6-4-7-11-21)29-27-26(19(2)30-31(25)27)22-12-8-5-9-13-22/h4-18,28H,3H2,1-2H3. The maximum absolute atomic E-state index is 5.03. The van der Waals surface area contributed by atoms with Gasteiger partial charge < -0.3 is 5.32 Å². The number of fused-ring (bicyclic) bond motifs is 1. The number of hydrogen-bond donors (Lipinski definition) is 1. The van der Waals surface area contributed by atoms with Crippen LogP contribution in [0.4, 0.5) is 11.5 Å². The first-order chi connectivity index (χ1) is 15.2. The summed E-state index contributed by atoms with van der Waals surface area (Å²) in [4.78, 5) is 5.03. The minimum atomic E-state index is 0.845. The molecule has 0 unspecified atom stereocenters. The smallest absolute Gasteiger partial charge is 0.166 e. The fraction of sp³-hybridized carbons (Fsp3) is 0.111. The highest BCUT2D eigenvalue weighted by Gasteiger charge is 2.17. The van der Waals surface area contributed by atoms with Gasteiger partial charge in [-0.05, 0) is 36.6 Å². The molecular formula is C27H24N4. The fourth-order valence-corrected chi connectivity index (χ4v) is 3.88. The van der Waals surface area contributed by atoms with Crippen LogP contribution in [-0.2, 0) is 6.42 Å². The predicted octanol–water partition coefficient (Wildman–Crippen LogP) is 6.68. The summed E-state index contributed by atoms with van der Waals surface area (Å²) in [5.74, 6) is 0.887. The molecule has 4 heteroatoms. The Bertz CT molecular complexity index is 1320. The Morgan fingerprint density at radius 1 is 0.806 bits per heavy atom. The van der Waals surface area contributed by atoms with Crippen LogP contribution in [0.2, 0.25) is 0 Å². The third-order valence-corrected chi connectivity index (χ3v) is 5.53. The minimum Gasteiger partial charge on any atom is -0.340 e. The topological polar surface area (TPSA) is 42.2 Å². The highest BCUT2D eigenvalue weighted by Crippen LogP contribution is 2.32. The second kappa shape index (κ2) is 8.07. The first-order valence-corrected chi connectivity index (χ1v) is 10.6. The van der Waals surface area contributed by atoms with Gasteiger partial charge in [0, 0.05) is 22.9 Å². The maximum atomic E-state index is 5.03. The lowest BCUT2D eigenvalue weighted by Crippen LogP contribution is -2.03. The van der Waals surface area contributed by atoms with Crippen molar-refractivity contribution in [1.29, 1.82) is 0 Å². The third-order valence-electron chi connectivity index (χ3n) is 5.53. The van der Waals surface area contributed by atoms with Crippen molar-refractivity contribution < 1.29 is 0 Å². The molecule has 0 atom stereocenters. The summed E-state index contributed by atoms with van der Waals surface area (Å²) >= 11 is 0. The highest BCUT2D eigenvalue weighted by molar-refractivity contribution is 5.83. The van der Waals surface area contributed by atoms with E-state index in [1.165, 1.54) is 5.56 Å². The molecule has 5 aromatic rings. The second-order valence-electron chi connectivity index (χ2n) is 7.63. The van der Waals surface area contributed by atoms with Crippen LogP contribution in [0.3, 0.4) is 0 Å². The van der Waals surface area contributed by atoms with Gasteiger partial charge in [-0.25, -0.2) is 4.98 Å². The van der Waals surface area contributed by atoms with E-state index in [-0.39, 0.29) is 0 Å². The molecule has 2 aromatic heterocycles. The van der Waals surface area contributed by atoms with Gasteiger partial charge in [0.25, 0.3) is 0 Å². The SMILES string of the molecule is CCc1ccc(Nc2cc(-c3ccccc3)nc3c(-c4ccccc4)c(C)nn23)cc1. The monoisotopic (exact) mass is 404 g/mol. The van der Waals surface area contributed by atoms with Gasteiger partial charge in [-0.2, -0.15) is 9.61 Å². The van der Waals surface area contributed by atoms with Crippen LogP contribution >= 0.6 is 0 Å². The van der Waals surface area contributed by atoms with Crippen molar-refractivity contribution in [2.75, 3.05) is 5.32 Å². The van der Waals surface area contributed by atoms with Gasteiger partial charge >= 0.3 is 0 Å². The summed E-state index contributed by atoms with van der Waals surface area (Å²) in [5.41, 5.74) is 8.31. The number of rotatable bonds is 5. The second-order valence-corrected chi connectivity index (χ2v) is 7.63. The lowest BCUT2D eigenvalue weighted by molar-refractivity contribution is 0.926. The number of hydrogen-bond acceptors (Lipinski definition) is 3. The molecule has 0 bridgehead atoms. The van der Waals surface area contributed by atoms with E-state index in [2.05, 4.69) is 66.8 Å². The van der Waals surface area contributed by atoms with Gasteiger partial charge in [-0.15, -0.1) is 0 Å². The molecule has 0 radical (unpaired) electrons. The molecule has 4 nitrogen and oxygen atoms in total. The zero-order valence-electron chi connectivity index (χ0n) is 17.7. The summed E-state index contributed by atoms with van der Waals surface area (Å²) in [7, 11) is 0.